The molecule has 0 amide bonds. The largest absolute Gasteiger partial charge is 0.480 e. The summed E-state index contributed by atoms with van der Waals surface area (Å²) < 4.78 is 0. The van der Waals surface area contributed by atoms with Gasteiger partial charge < -0.3 is 15.9 Å². The number of nitroso groups, excluding NO2 is 1. The van der Waals surface area contributed by atoms with Gasteiger partial charge in [0.1, 0.15) is 6.04 Å². The second kappa shape index (κ2) is 9.38. The fourth-order valence-corrected chi connectivity index (χ4v) is 1.82. The third-order valence-corrected chi connectivity index (χ3v) is 3.06. The maximum absolute atomic E-state index is 11.3. The molecular formula is C12H23N3O5. The molecule has 0 aromatic heterocycles. The van der Waals surface area contributed by atoms with Crippen molar-refractivity contribution in [1.29, 1.82) is 0 Å². The standard InChI is InChI=1S/C12H23N3O5/c1-2-3-7-12(15-20,11(18)19)14-9(10(16)17)6-4-5-8-13/h9,14H,2-8,13H2,1H3,(H,16,17)(H,18,19)/t9-,12-/m0/s1. The summed E-state index contributed by atoms with van der Waals surface area (Å²) in [5, 5.41) is 23.3. The van der Waals surface area contributed by atoms with Crippen LogP contribution in [-0.4, -0.2) is 40.4 Å². The van der Waals surface area contributed by atoms with Gasteiger partial charge in [0, 0.05) is 6.42 Å². The van der Waals surface area contributed by atoms with Gasteiger partial charge in [-0.1, -0.05) is 19.8 Å². The van der Waals surface area contributed by atoms with Gasteiger partial charge in [0.25, 0.3) is 5.66 Å². The molecular weight excluding hydrogens is 266 g/mol. The summed E-state index contributed by atoms with van der Waals surface area (Å²) in [7, 11) is 0. The van der Waals surface area contributed by atoms with Gasteiger partial charge in [0.2, 0.25) is 0 Å². The molecule has 8 heteroatoms. The van der Waals surface area contributed by atoms with E-state index in [2.05, 4.69) is 10.5 Å². The van der Waals surface area contributed by atoms with Gasteiger partial charge in [-0.2, -0.15) is 0 Å². The molecule has 0 aliphatic heterocycles. The van der Waals surface area contributed by atoms with Crippen LogP contribution in [0.15, 0.2) is 5.18 Å². The van der Waals surface area contributed by atoms with E-state index in [9.17, 15) is 19.6 Å². The molecule has 0 bridgehead atoms. The Kier molecular flexibility index (Phi) is 8.66. The molecule has 5 N–H and O–H groups in total. The third kappa shape index (κ3) is 5.62. The predicted octanol–water partition coefficient (Wildman–Crippen LogP) is 0.896. The van der Waals surface area contributed by atoms with E-state index in [1.807, 2.05) is 6.92 Å². The zero-order chi connectivity index (χ0) is 15.6. The Balaban J connectivity index is 4.91. The number of carboxylic acids is 2. The van der Waals surface area contributed by atoms with Crippen LogP contribution in [0.3, 0.4) is 0 Å². The average molecular weight is 289 g/mol. The fourth-order valence-electron chi connectivity index (χ4n) is 1.82. The summed E-state index contributed by atoms with van der Waals surface area (Å²) in [5.74, 6) is -2.65. The summed E-state index contributed by atoms with van der Waals surface area (Å²) in [6.45, 7) is 2.27. The minimum Gasteiger partial charge on any atom is -0.480 e. The molecule has 0 saturated carbocycles. The van der Waals surface area contributed by atoms with Crippen LogP contribution in [0.1, 0.15) is 45.4 Å². The van der Waals surface area contributed by atoms with Crippen molar-refractivity contribution in [2.75, 3.05) is 6.54 Å². The summed E-state index contributed by atoms with van der Waals surface area (Å²) >= 11 is 0. The summed E-state index contributed by atoms with van der Waals surface area (Å²) in [6.07, 6.45) is 2.46. The third-order valence-electron chi connectivity index (χ3n) is 3.06. The second-order valence-corrected chi connectivity index (χ2v) is 4.68. The number of hydrogen-bond donors (Lipinski definition) is 4. The van der Waals surface area contributed by atoms with Crippen molar-refractivity contribution in [1.82, 2.24) is 5.32 Å². The van der Waals surface area contributed by atoms with Crippen molar-refractivity contribution >= 4 is 11.9 Å². The number of carboxylic acid groups (broad SMARTS) is 2. The van der Waals surface area contributed by atoms with Gasteiger partial charge in [0.05, 0.1) is 0 Å². The molecule has 20 heavy (non-hydrogen) atoms. The number of rotatable bonds is 12. The van der Waals surface area contributed by atoms with Crippen LogP contribution in [0.25, 0.3) is 0 Å². The minimum atomic E-state index is -2.08. The molecule has 0 rings (SSSR count). The van der Waals surface area contributed by atoms with E-state index in [-0.39, 0.29) is 12.8 Å². The highest BCUT2D eigenvalue weighted by molar-refractivity contribution is 5.80. The molecule has 2 atom stereocenters. The molecule has 0 fully saturated rings. The second-order valence-electron chi connectivity index (χ2n) is 4.68. The van der Waals surface area contributed by atoms with Gasteiger partial charge in [0.15, 0.2) is 0 Å². The molecule has 116 valence electrons. The minimum absolute atomic E-state index is 0.0387. The van der Waals surface area contributed by atoms with E-state index < -0.39 is 23.6 Å². The fraction of sp³-hybridized carbons (Fsp3) is 0.833. The molecule has 0 unspecified atom stereocenters. The van der Waals surface area contributed by atoms with Crippen molar-refractivity contribution < 1.29 is 19.8 Å². The number of hydrogen-bond acceptors (Lipinski definition) is 6. The number of unbranched alkanes of at least 4 members (excludes halogenated alkanes) is 2. The topological polar surface area (TPSA) is 142 Å². The Morgan fingerprint density at radius 1 is 1.30 bits per heavy atom. The Morgan fingerprint density at radius 2 is 1.95 bits per heavy atom. The lowest BCUT2D eigenvalue weighted by Crippen LogP contribution is -2.56. The Hall–Kier alpha value is -1.54. The average Bonchev–Trinajstić information content (AvgIpc) is 2.41. The molecule has 8 nitrogen and oxygen atoms in total. The molecule has 0 aromatic carbocycles. The van der Waals surface area contributed by atoms with E-state index in [0.29, 0.717) is 32.2 Å². The Morgan fingerprint density at radius 3 is 2.35 bits per heavy atom. The van der Waals surface area contributed by atoms with Crippen molar-refractivity contribution in [3.8, 4) is 0 Å². The first-order valence-electron chi connectivity index (χ1n) is 6.72. The number of nitrogens with one attached hydrogen (secondary N) is 1. The summed E-state index contributed by atoms with van der Waals surface area (Å²) in [6, 6.07) is -1.13. The number of aliphatic carboxylic acids is 2. The van der Waals surface area contributed by atoms with E-state index >= 15 is 0 Å². The monoisotopic (exact) mass is 289 g/mol. The number of carbonyl (C=O) groups is 2. The van der Waals surface area contributed by atoms with Gasteiger partial charge in [-0.15, -0.1) is 4.91 Å². The van der Waals surface area contributed by atoms with Gasteiger partial charge >= 0.3 is 11.9 Å². The van der Waals surface area contributed by atoms with Crippen LogP contribution < -0.4 is 11.1 Å². The van der Waals surface area contributed by atoms with E-state index in [0.717, 1.165) is 0 Å². The van der Waals surface area contributed by atoms with Gasteiger partial charge in [-0.05, 0) is 31.0 Å². The molecule has 0 saturated heterocycles. The summed E-state index contributed by atoms with van der Waals surface area (Å²) in [4.78, 5) is 33.4. The highest BCUT2D eigenvalue weighted by Crippen LogP contribution is 2.19. The lowest BCUT2D eigenvalue weighted by atomic mass is 10.00. The van der Waals surface area contributed by atoms with Crippen LogP contribution in [0.4, 0.5) is 0 Å². The first-order valence-corrected chi connectivity index (χ1v) is 6.72. The first-order chi connectivity index (χ1) is 9.43. The number of nitrogens with two attached hydrogens (primary N) is 1. The van der Waals surface area contributed by atoms with Crippen molar-refractivity contribution in [3.05, 3.63) is 4.91 Å². The van der Waals surface area contributed by atoms with Crippen molar-refractivity contribution in [2.45, 2.75) is 57.2 Å². The van der Waals surface area contributed by atoms with Crippen LogP contribution in [-0.2, 0) is 9.59 Å². The Labute approximate surface area is 117 Å². The van der Waals surface area contributed by atoms with Crippen molar-refractivity contribution in [2.24, 2.45) is 10.9 Å². The lowest BCUT2D eigenvalue weighted by Gasteiger charge is -2.27. The SMILES string of the molecule is CCCC[C@@](N=O)(N[C@@H](CCCCN)C(=O)O)C(=O)O. The quantitative estimate of drug-likeness (QED) is 0.309. The smallest absolute Gasteiger partial charge is 0.350 e. The zero-order valence-electron chi connectivity index (χ0n) is 11.7. The molecule has 0 spiro atoms. The normalized spacial score (nSPS) is 15.3. The highest BCUT2D eigenvalue weighted by atomic mass is 16.4. The molecule has 0 aliphatic carbocycles. The molecule has 0 radical (unpaired) electrons. The molecule has 0 aromatic rings. The van der Waals surface area contributed by atoms with Crippen LogP contribution >= 0.6 is 0 Å². The summed E-state index contributed by atoms with van der Waals surface area (Å²) in [5.41, 5.74) is 3.25. The van der Waals surface area contributed by atoms with Crippen LogP contribution in [0.5, 0.6) is 0 Å². The Bertz CT molecular complexity index is 337. The van der Waals surface area contributed by atoms with E-state index in [4.69, 9.17) is 10.8 Å². The molecule has 0 heterocycles. The van der Waals surface area contributed by atoms with Crippen LogP contribution in [0, 0.1) is 4.91 Å². The van der Waals surface area contributed by atoms with Crippen LogP contribution in [0.2, 0.25) is 0 Å². The first kappa shape index (κ1) is 18.5. The maximum Gasteiger partial charge on any atom is 0.350 e. The van der Waals surface area contributed by atoms with Gasteiger partial charge in [-0.3, -0.25) is 10.1 Å². The molecule has 0 aliphatic rings. The zero-order valence-corrected chi connectivity index (χ0v) is 11.7. The van der Waals surface area contributed by atoms with Gasteiger partial charge in [-0.25, -0.2) is 4.79 Å². The number of nitrogens with zero attached hydrogens (tertiary/aromatic N) is 1. The van der Waals surface area contributed by atoms with E-state index in [1.165, 1.54) is 0 Å². The highest BCUT2D eigenvalue weighted by Gasteiger charge is 2.43. The van der Waals surface area contributed by atoms with Crippen molar-refractivity contribution in [3.63, 3.8) is 0 Å². The lowest BCUT2D eigenvalue weighted by molar-refractivity contribution is -0.147. The van der Waals surface area contributed by atoms with E-state index in [1.54, 1.807) is 0 Å². The predicted molar refractivity (Wildman–Crippen MR) is 73.2 cm³/mol. The maximum atomic E-state index is 11.3.